The number of ether oxygens (including phenoxy) is 2. The Balaban J connectivity index is 2.15. The molecular weight excluding hydrogens is 256 g/mol. The largest absolute Gasteiger partial charge is 0.493 e. The normalized spacial score (nSPS) is 9.90. The summed E-state index contributed by atoms with van der Waals surface area (Å²) in [5, 5.41) is 12.0. The van der Waals surface area contributed by atoms with Gasteiger partial charge in [0.05, 0.1) is 20.8 Å². The topological polar surface area (TPSA) is 67.4 Å². The Kier molecular flexibility index (Phi) is 4.16. The van der Waals surface area contributed by atoms with E-state index in [1.54, 1.807) is 26.4 Å². The zero-order valence-electron chi connectivity index (χ0n) is 11.7. The Hall–Kier alpha value is -2.61. The molecule has 2 rings (SSSR count). The highest BCUT2D eigenvalue weighted by atomic mass is 16.5. The van der Waals surface area contributed by atoms with Crippen LogP contribution in [0.25, 0.3) is 0 Å². The molecular formula is C15H16N2O3. The number of anilines is 1. The third-order valence-electron chi connectivity index (χ3n) is 2.96. The van der Waals surface area contributed by atoms with Crippen LogP contribution in [0.2, 0.25) is 0 Å². The van der Waals surface area contributed by atoms with E-state index >= 15 is 0 Å². The van der Waals surface area contributed by atoms with Crippen LogP contribution in [-0.4, -0.2) is 14.2 Å². The van der Waals surface area contributed by atoms with Crippen molar-refractivity contribution in [1.29, 1.82) is 5.26 Å². The first-order valence-electron chi connectivity index (χ1n) is 6.13. The van der Waals surface area contributed by atoms with Gasteiger partial charge < -0.3 is 19.2 Å². The monoisotopic (exact) mass is 272 g/mol. The number of hydrogen-bond acceptors (Lipinski definition) is 5. The molecule has 0 atom stereocenters. The van der Waals surface area contributed by atoms with Gasteiger partial charge >= 0.3 is 0 Å². The maximum absolute atomic E-state index is 8.71. The van der Waals surface area contributed by atoms with Crippen LogP contribution in [0.5, 0.6) is 11.5 Å². The van der Waals surface area contributed by atoms with Gasteiger partial charge in [-0.2, -0.15) is 5.26 Å². The Morgan fingerprint density at radius 3 is 2.50 bits per heavy atom. The van der Waals surface area contributed by atoms with Crippen molar-refractivity contribution in [2.24, 2.45) is 0 Å². The molecule has 1 heterocycles. The number of rotatable bonds is 5. The average Bonchev–Trinajstić information content (AvgIpc) is 2.93. The quantitative estimate of drug-likeness (QED) is 0.905. The molecule has 5 heteroatoms. The number of nitrogens with zero attached hydrogens (tertiary/aromatic N) is 1. The second-order valence-corrected chi connectivity index (χ2v) is 4.25. The van der Waals surface area contributed by atoms with Gasteiger partial charge in [0.1, 0.15) is 11.8 Å². The van der Waals surface area contributed by atoms with Crippen molar-refractivity contribution in [2.75, 3.05) is 19.5 Å². The van der Waals surface area contributed by atoms with Gasteiger partial charge in [0, 0.05) is 11.8 Å². The van der Waals surface area contributed by atoms with Crippen molar-refractivity contribution in [1.82, 2.24) is 0 Å². The van der Waals surface area contributed by atoms with E-state index in [-0.39, 0.29) is 0 Å². The predicted octanol–water partition coefficient (Wildman–Crippen LogP) is 3.09. The molecule has 2 aromatic rings. The van der Waals surface area contributed by atoms with Crippen molar-refractivity contribution in [3.05, 3.63) is 41.3 Å². The van der Waals surface area contributed by atoms with Crippen LogP contribution >= 0.6 is 0 Å². The minimum Gasteiger partial charge on any atom is -0.493 e. The molecule has 0 aliphatic rings. The number of nitriles is 1. The highest BCUT2D eigenvalue weighted by molar-refractivity contribution is 5.60. The minimum atomic E-state index is 0.311. The van der Waals surface area contributed by atoms with Gasteiger partial charge in [-0.15, -0.1) is 0 Å². The van der Waals surface area contributed by atoms with Gasteiger partial charge in [0.15, 0.2) is 11.5 Å². The van der Waals surface area contributed by atoms with Crippen LogP contribution < -0.4 is 14.8 Å². The number of methoxy groups -OCH3 is 2. The number of nitrogens with one attached hydrogen (secondary N) is 1. The standard InChI is InChI=1S/C15H16N2O3/c1-10-6-14(18-2)15(19-3)7-13(10)17-9-12-5-4-11(8-16)20-12/h4-7,17H,9H2,1-3H3. The summed E-state index contributed by atoms with van der Waals surface area (Å²) in [5.41, 5.74) is 1.97. The zero-order valence-corrected chi connectivity index (χ0v) is 11.7. The predicted molar refractivity (Wildman–Crippen MR) is 75.0 cm³/mol. The minimum absolute atomic E-state index is 0.311. The summed E-state index contributed by atoms with van der Waals surface area (Å²) >= 11 is 0. The van der Waals surface area contributed by atoms with Crippen molar-refractivity contribution < 1.29 is 13.9 Å². The Labute approximate surface area is 117 Å². The maximum Gasteiger partial charge on any atom is 0.203 e. The molecule has 0 aliphatic heterocycles. The van der Waals surface area contributed by atoms with E-state index in [4.69, 9.17) is 19.2 Å². The van der Waals surface area contributed by atoms with E-state index in [0.717, 1.165) is 11.3 Å². The summed E-state index contributed by atoms with van der Waals surface area (Å²) < 4.78 is 15.8. The number of benzene rings is 1. The lowest BCUT2D eigenvalue weighted by molar-refractivity contribution is 0.355. The van der Waals surface area contributed by atoms with E-state index in [0.29, 0.717) is 29.6 Å². The van der Waals surface area contributed by atoms with Gasteiger partial charge in [-0.1, -0.05) is 0 Å². The average molecular weight is 272 g/mol. The van der Waals surface area contributed by atoms with Crippen LogP contribution in [0.4, 0.5) is 5.69 Å². The summed E-state index contributed by atoms with van der Waals surface area (Å²) in [7, 11) is 3.21. The number of furan rings is 1. The van der Waals surface area contributed by atoms with E-state index in [1.165, 1.54) is 0 Å². The fourth-order valence-electron chi connectivity index (χ4n) is 1.89. The third-order valence-corrected chi connectivity index (χ3v) is 2.96. The number of hydrogen-bond donors (Lipinski definition) is 1. The number of aryl methyl sites for hydroxylation is 1. The molecule has 20 heavy (non-hydrogen) atoms. The maximum atomic E-state index is 8.71. The van der Waals surface area contributed by atoms with E-state index in [2.05, 4.69) is 5.32 Å². The molecule has 0 fully saturated rings. The summed E-state index contributed by atoms with van der Waals surface area (Å²) in [6, 6.07) is 9.17. The molecule has 5 nitrogen and oxygen atoms in total. The van der Waals surface area contributed by atoms with Crippen molar-refractivity contribution in [2.45, 2.75) is 13.5 Å². The molecule has 0 saturated heterocycles. The molecule has 0 saturated carbocycles. The van der Waals surface area contributed by atoms with Gasteiger partial charge in [-0.3, -0.25) is 0 Å². The Morgan fingerprint density at radius 1 is 1.20 bits per heavy atom. The smallest absolute Gasteiger partial charge is 0.203 e. The second kappa shape index (κ2) is 6.02. The second-order valence-electron chi connectivity index (χ2n) is 4.25. The van der Waals surface area contributed by atoms with Gasteiger partial charge in [-0.05, 0) is 30.7 Å². The molecule has 0 spiro atoms. The van der Waals surface area contributed by atoms with Crippen LogP contribution in [0.3, 0.4) is 0 Å². The van der Waals surface area contributed by atoms with Gasteiger partial charge in [0.25, 0.3) is 0 Å². The van der Waals surface area contributed by atoms with Crippen LogP contribution in [0.15, 0.2) is 28.7 Å². The molecule has 104 valence electrons. The van der Waals surface area contributed by atoms with Crippen LogP contribution in [-0.2, 0) is 6.54 Å². The lowest BCUT2D eigenvalue weighted by atomic mass is 10.1. The van der Waals surface area contributed by atoms with Gasteiger partial charge in [-0.25, -0.2) is 0 Å². The van der Waals surface area contributed by atoms with Crippen LogP contribution in [0.1, 0.15) is 17.1 Å². The first-order valence-corrected chi connectivity index (χ1v) is 6.13. The summed E-state index contributed by atoms with van der Waals surface area (Å²) in [6.45, 7) is 2.48. The summed E-state index contributed by atoms with van der Waals surface area (Å²) in [6.07, 6.45) is 0. The molecule has 0 unspecified atom stereocenters. The van der Waals surface area contributed by atoms with Crippen molar-refractivity contribution >= 4 is 5.69 Å². The van der Waals surface area contributed by atoms with Crippen molar-refractivity contribution in [3.8, 4) is 17.6 Å². The zero-order chi connectivity index (χ0) is 14.5. The highest BCUT2D eigenvalue weighted by Gasteiger charge is 2.09. The lowest BCUT2D eigenvalue weighted by Crippen LogP contribution is -2.01. The Morgan fingerprint density at radius 2 is 1.90 bits per heavy atom. The van der Waals surface area contributed by atoms with E-state index in [9.17, 15) is 0 Å². The molecule has 1 N–H and O–H groups in total. The molecule has 1 aromatic heterocycles. The summed E-state index contributed by atoms with van der Waals surface area (Å²) in [5.74, 6) is 2.37. The SMILES string of the molecule is COc1cc(C)c(NCc2ccc(C#N)o2)cc1OC. The fraction of sp³-hybridized carbons (Fsp3) is 0.267. The first-order chi connectivity index (χ1) is 9.67. The lowest BCUT2D eigenvalue weighted by Gasteiger charge is -2.13. The van der Waals surface area contributed by atoms with E-state index < -0.39 is 0 Å². The van der Waals surface area contributed by atoms with Crippen LogP contribution in [0, 0.1) is 18.3 Å². The van der Waals surface area contributed by atoms with Gasteiger partial charge in [0.2, 0.25) is 5.76 Å². The van der Waals surface area contributed by atoms with Crippen molar-refractivity contribution in [3.63, 3.8) is 0 Å². The molecule has 0 aliphatic carbocycles. The molecule has 0 bridgehead atoms. The fourth-order valence-corrected chi connectivity index (χ4v) is 1.89. The first kappa shape index (κ1) is 13.8. The highest BCUT2D eigenvalue weighted by Crippen LogP contribution is 2.33. The molecule has 1 aromatic carbocycles. The molecule has 0 radical (unpaired) electrons. The Bertz CT molecular complexity index is 641. The third kappa shape index (κ3) is 2.86. The summed E-state index contributed by atoms with van der Waals surface area (Å²) in [4.78, 5) is 0. The molecule has 0 amide bonds. The van der Waals surface area contributed by atoms with E-state index in [1.807, 2.05) is 25.1 Å².